The first-order chi connectivity index (χ1) is 8.72. The molecule has 2 saturated heterocycles. The number of nitrogens with zero attached hydrogens (tertiary/aromatic N) is 1. The minimum atomic E-state index is -0.261. The summed E-state index contributed by atoms with van der Waals surface area (Å²) in [5.41, 5.74) is 0. The van der Waals surface area contributed by atoms with Crippen molar-refractivity contribution in [3.8, 4) is 0 Å². The Morgan fingerprint density at radius 2 is 2.21 bits per heavy atom. The number of rotatable bonds is 4. The normalized spacial score (nSPS) is 26.8. The number of nitrogens with one attached hydrogen (secondary N) is 2. The summed E-state index contributed by atoms with van der Waals surface area (Å²) in [4.78, 5) is 25.6. The predicted octanol–water partition coefficient (Wildman–Crippen LogP) is 0.677. The van der Waals surface area contributed by atoms with Gasteiger partial charge in [-0.3, -0.25) is 9.59 Å². The molecule has 0 bridgehead atoms. The number of piperazine rings is 1. The fourth-order valence-electron chi connectivity index (χ4n) is 2.86. The number of amides is 2. The third-order valence-corrected chi connectivity index (χ3v) is 3.91. The van der Waals surface area contributed by atoms with Crippen molar-refractivity contribution < 1.29 is 9.59 Å². The molecule has 0 aromatic carbocycles. The Kier molecular flexibility index (Phi) is 6.58. The van der Waals surface area contributed by atoms with E-state index in [0.717, 1.165) is 13.0 Å². The maximum absolute atomic E-state index is 12.2. The van der Waals surface area contributed by atoms with Crippen LogP contribution in [0.1, 0.15) is 39.0 Å². The van der Waals surface area contributed by atoms with Gasteiger partial charge in [0, 0.05) is 25.6 Å². The summed E-state index contributed by atoms with van der Waals surface area (Å²) in [7, 11) is 0. The lowest BCUT2D eigenvalue weighted by atomic mass is 10.1. The van der Waals surface area contributed by atoms with E-state index >= 15 is 0 Å². The first kappa shape index (κ1) is 16.2. The van der Waals surface area contributed by atoms with Gasteiger partial charge in [0.05, 0.1) is 0 Å². The van der Waals surface area contributed by atoms with Crippen LogP contribution in [-0.2, 0) is 9.59 Å². The second-order valence-electron chi connectivity index (χ2n) is 5.13. The number of hydrogen-bond donors (Lipinski definition) is 2. The molecular weight excluding hydrogens is 266 g/mol. The summed E-state index contributed by atoms with van der Waals surface area (Å²) in [6.45, 7) is 4.26. The summed E-state index contributed by atoms with van der Waals surface area (Å²) in [5.74, 6) is 0.126. The van der Waals surface area contributed by atoms with Gasteiger partial charge in [-0.1, -0.05) is 6.92 Å². The maximum Gasteiger partial charge on any atom is 0.242 e. The monoisotopic (exact) mass is 289 g/mol. The van der Waals surface area contributed by atoms with Crippen molar-refractivity contribution in [3.63, 3.8) is 0 Å². The van der Waals surface area contributed by atoms with Gasteiger partial charge in [0.1, 0.15) is 6.04 Å². The van der Waals surface area contributed by atoms with Gasteiger partial charge in [-0.2, -0.15) is 0 Å². The number of carbonyl (C=O) groups excluding carboxylic acids is 2. The molecule has 0 aromatic heterocycles. The highest BCUT2D eigenvalue weighted by Gasteiger charge is 2.31. The lowest BCUT2D eigenvalue weighted by Crippen LogP contribution is -2.57. The molecule has 0 aromatic rings. The summed E-state index contributed by atoms with van der Waals surface area (Å²) in [6.07, 6.45) is 4.53. The highest BCUT2D eigenvalue weighted by Crippen LogP contribution is 2.15. The van der Waals surface area contributed by atoms with Crippen LogP contribution in [-0.4, -0.2) is 48.4 Å². The fourth-order valence-corrected chi connectivity index (χ4v) is 2.86. The number of hydrogen-bond acceptors (Lipinski definition) is 3. The van der Waals surface area contributed by atoms with Crippen LogP contribution in [0.2, 0.25) is 0 Å². The summed E-state index contributed by atoms with van der Waals surface area (Å²) >= 11 is 0. The Bertz CT molecular complexity index is 319. The van der Waals surface area contributed by atoms with Crippen molar-refractivity contribution in [1.82, 2.24) is 15.5 Å². The molecule has 2 heterocycles. The zero-order valence-corrected chi connectivity index (χ0v) is 12.3. The lowest BCUT2D eigenvalue weighted by molar-refractivity contribution is -0.143. The molecule has 2 rings (SSSR count). The largest absolute Gasteiger partial charge is 0.353 e. The Labute approximate surface area is 120 Å². The third kappa shape index (κ3) is 4.08. The van der Waals surface area contributed by atoms with E-state index in [1.807, 2.05) is 6.92 Å². The van der Waals surface area contributed by atoms with Crippen LogP contribution in [0.5, 0.6) is 0 Å². The van der Waals surface area contributed by atoms with Gasteiger partial charge in [0.2, 0.25) is 11.8 Å². The second-order valence-corrected chi connectivity index (χ2v) is 5.13. The average molecular weight is 290 g/mol. The fraction of sp³-hybridized carbons (Fsp3) is 0.846. The minimum Gasteiger partial charge on any atom is -0.353 e. The van der Waals surface area contributed by atoms with E-state index < -0.39 is 0 Å². The van der Waals surface area contributed by atoms with Gasteiger partial charge in [-0.15, -0.1) is 12.4 Å². The van der Waals surface area contributed by atoms with E-state index in [2.05, 4.69) is 10.6 Å². The third-order valence-electron chi connectivity index (χ3n) is 3.91. The quantitative estimate of drug-likeness (QED) is 0.800. The molecule has 2 aliphatic heterocycles. The molecule has 2 aliphatic rings. The molecule has 0 spiro atoms. The van der Waals surface area contributed by atoms with Gasteiger partial charge >= 0.3 is 0 Å². The highest BCUT2D eigenvalue weighted by molar-refractivity contribution is 5.88. The van der Waals surface area contributed by atoms with Gasteiger partial charge in [-0.05, 0) is 32.2 Å². The first-order valence-electron chi connectivity index (χ1n) is 7.03. The Hall–Kier alpha value is -0.810. The molecule has 2 unspecified atom stereocenters. The standard InChI is InChI=1S/C13H23N3O2.ClH/c1-2-11-13(18)15-8-9-16(11)12(17)6-5-10-4-3-7-14-10;/h10-11,14H,2-9H2,1H3,(H,15,18);1H. The predicted molar refractivity (Wildman–Crippen MR) is 76.3 cm³/mol. The van der Waals surface area contributed by atoms with Crippen LogP contribution in [0.15, 0.2) is 0 Å². The summed E-state index contributed by atoms with van der Waals surface area (Å²) in [5, 5.41) is 6.22. The number of carbonyl (C=O) groups is 2. The average Bonchev–Trinajstić information content (AvgIpc) is 2.88. The molecule has 6 heteroatoms. The van der Waals surface area contributed by atoms with Crippen LogP contribution in [0, 0.1) is 0 Å². The van der Waals surface area contributed by atoms with Crippen LogP contribution >= 0.6 is 12.4 Å². The molecule has 110 valence electrons. The summed E-state index contributed by atoms with van der Waals surface area (Å²) in [6, 6.07) is 0.232. The van der Waals surface area contributed by atoms with Crippen LogP contribution in [0.3, 0.4) is 0 Å². The zero-order chi connectivity index (χ0) is 13.0. The molecule has 2 amide bonds. The van der Waals surface area contributed by atoms with Crippen LogP contribution < -0.4 is 10.6 Å². The van der Waals surface area contributed by atoms with Crippen LogP contribution in [0.25, 0.3) is 0 Å². The molecular formula is C13H24ClN3O2. The van der Waals surface area contributed by atoms with E-state index in [4.69, 9.17) is 0 Å². The Morgan fingerprint density at radius 3 is 2.84 bits per heavy atom. The van der Waals surface area contributed by atoms with E-state index in [-0.39, 0.29) is 30.3 Å². The molecule has 19 heavy (non-hydrogen) atoms. The molecule has 2 atom stereocenters. The topological polar surface area (TPSA) is 61.4 Å². The maximum atomic E-state index is 12.2. The van der Waals surface area contributed by atoms with Crippen molar-refractivity contribution in [2.24, 2.45) is 0 Å². The highest BCUT2D eigenvalue weighted by atomic mass is 35.5. The van der Waals surface area contributed by atoms with E-state index in [1.54, 1.807) is 4.90 Å². The van der Waals surface area contributed by atoms with Crippen LogP contribution in [0.4, 0.5) is 0 Å². The van der Waals surface area contributed by atoms with Crippen molar-refractivity contribution in [3.05, 3.63) is 0 Å². The smallest absolute Gasteiger partial charge is 0.242 e. The number of halogens is 1. The van der Waals surface area contributed by atoms with Crippen molar-refractivity contribution >= 4 is 24.2 Å². The first-order valence-corrected chi connectivity index (χ1v) is 7.03. The van der Waals surface area contributed by atoms with Gasteiger partial charge < -0.3 is 15.5 Å². The van der Waals surface area contributed by atoms with E-state index in [9.17, 15) is 9.59 Å². The zero-order valence-electron chi connectivity index (χ0n) is 11.5. The SMILES string of the molecule is CCC1C(=O)NCCN1C(=O)CCC1CCCN1.Cl. The van der Waals surface area contributed by atoms with Gasteiger partial charge in [-0.25, -0.2) is 0 Å². The molecule has 5 nitrogen and oxygen atoms in total. The minimum absolute atomic E-state index is 0. The van der Waals surface area contributed by atoms with Gasteiger partial charge in [0.15, 0.2) is 0 Å². The second kappa shape index (κ2) is 7.70. The van der Waals surface area contributed by atoms with Gasteiger partial charge in [0.25, 0.3) is 0 Å². The van der Waals surface area contributed by atoms with E-state index in [1.165, 1.54) is 12.8 Å². The molecule has 2 fully saturated rings. The van der Waals surface area contributed by atoms with Crippen molar-refractivity contribution in [2.75, 3.05) is 19.6 Å². The van der Waals surface area contributed by atoms with E-state index in [0.29, 0.717) is 32.0 Å². The lowest BCUT2D eigenvalue weighted by Gasteiger charge is -2.34. The van der Waals surface area contributed by atoms with Crippen molar-refractivity contribution in [1.29, 1.82) is 0 Å². The Balaban J connectivity index is 0.00000180. The molecule has 0 aliphatic carbocycles. The Morgan fingerprint density at radius 1 is 1.42 bits per heavy atom. The van der Waals surface area contributed by atoms with Crippen molar-refractivity contribution in [2.45, 2.75) is 51.1 Å². The molecule has 2 N–H and O–H groups in total. The summed E-state index contributed by atoms with van der Waals surface area (Å²) < 4.78 is 0. The molecule has 0 radical (unpaired) electrons. The molecule has 0 saturated carbocycles.